The van der Waals surface area contributed by atoms with Crippen LogP contribution in [-0.4, -0.2) is 23.6 Å². The Morgan fingerprint density at radius 2 is 2.10 bits per heavy atom. The summed E-state index contributed by atoms with van der Waals surface area (Å²) in [4.78, 5) is 8.55. The zero-order valence-electron chi connectivity index (χ0n) is 13.0. The summed E-state index contributed by atoms with van der Waals surface area (Å²) in [6.07, 6.45) is 7.68. The summed E-state index contributed by atoms with van der Waals surface area (Å²) in [5.41, 5.74) is 3.70. The van der Waals surface area contributed by atoms with Crippen LogP contribution in [-0.2, 0) is 6.42 Å². The molecule has 2 aromatic heterocycles. The van der Waals surface area contributed by atoms with E-state index in [-0.39, 0.29) is 6.04 Å². The predicted molar refractivity (Wildman–Crippen MR) is 84.5 cm³/mol. The molecule has 0 saturated carbocycles. The summed E-state index contributed by atoms with van der Waals surface area (Å²) in [6.45, 7) is 5.29. The van der Waals surface area contributed by atoms with Crippen molar-refractivity contribution >= 4 is 0 Å². The lowest BCUT2D eigenvalue weighted by atomic mass is 9.97. The van der Waals surface area contributed by atoms with Gasteiger partial charge < -0.3 is 10.1 Å². The van der Waals surface area contributed by atoms with Gasteiger partial charge >= 0.3 is 0 Å². The van der Waals surface area contributed by atoms with Gasteiger partial charge in [-0.05, 0) is 49.1 Å². The Kier molecular flexibility index (Phi) is 5.69. The minimum absolute atomic E-state index is 0.258. The zero-order valence-corrected chi connectivity index (χ0v) is 13.0. The summed E-state index contributed by atoms with van der Waals surface area (Å²) in [7, 11) is 1.63. The van der Waals surface area contributed by atoms with Gasteiger partial charge in [-0.15, -0.1) is 0 Å². The third kappa shape index (κ3) is 4.26. The van der Waals surface area contributed by atoms with Crippen LogP contribution in [0.1, 0.15) is 36.1 Å². The molecule has 0 aliphatic heterocycles. The molecule has 0 aliphatic rings. The van der Waals surface area contributed by atoms with Crippen molar-refractivity contribution in [3.63, 3.8) is 0 Å². The number of hydrogen-bond donors (Lipinski definition) is 1. The van der Waals surface area contributed by atoms with Crippen molar-refractivity contribution in [1.82, 2.24) is 15.3 Å². The first-order chi connectivity index (χ1) is 10.2. The third-order valence-corrected chi connectivity index (χ3v) is 3.54. The van der Waals surface area contributed by atoms with Gasteiger partial charge in [0.1, 0.15) is 0 Å². The summed E-state index contributed by atoms with van der Waals surface area (Å²) in [6, 6.07) is 6.29. The van der Waals surface area contributed by atoms with E-state index in [2.05, 4.69) is 41.3 Å². The van der Waals surface area contributed by atoms with E-state index in [1.54, 1.807) is 7.11 Å². The van der Waals surface area contributed by atoms with Crippen LogP contribution < -0.4 is 10.1 Å². The number of pyridine rings is 2. The first-order valence-electron chi connectivity index (χ1n) is 7.37. The van der Waals surface area contributed by atoms with Crippen LogP contribution in [0.5, 0.6) is 5.88 Å². The highest BCUT2D eigenvalue weighted by Crippen LogP contribution is 2.21. The normalized spacial score (nSPS) is 12.1. The van der Waals surface area contributed by atoms with Crippen molar-refractivity contribution in [3.8, 4) is 5.88 Å². The molecule has 0 aromatic carbocycles. The van der Waals surface area contributed by atoms with Crippen LogP contribution in [0.2, 0.25) is 0 Å². The number of hydrogen-bond acceptors (Lipinski definition) is 4. The van der Waals surface area contributed by atoms with E-state index < -0.39 is 0 Å². The molecule has 2 heterocycles. The molecule has 1 atom stereocenters. The second-order valence-corrected chi connectivity index (χ2v) is 5.15. The molecule has 1 unspecified atom stereocenters. The molecule has 0 saturated heterocycles. The lowest BCUT2D eigenvalue weighted by Crippen LogP contribution is -2.25. The highest BCUT2D eigenvalue weighted by molar-refractivity contribution is 5.28. The van der Waals surface area contributed by atoms with Gasteiger partial charge in [0.2, 0.25) is 5.88 Å². The molecular formula is C17H23N3O. The maximum atomic E-state index is 5.11. The second kappa shape index (κ2) is 7.74. The Morgan fingerprint density at radius 1 is 1.24 bits per heavy atom. The van der Waals surface area contributed by atoms with Gasteiger partial charge in [-0.25, -0.2) is 4.98 Å². The fraction of sp³-hybridized carbons (Fsp3) is 0.412. The van der Waals surface area contributed by atoms with Crippen LogP contribution in [0, 0.1) is 6.92 Å². The molecule has 0 spiro atoms. The van der Waals surface area contributed by atoms with E-state index in [0.29, 0.717) is 5.88 Å². The fourth-order valence-corrected chi connectivity index (χ4v) is 2.34. The van der Waals surface area contributed by atoms with Crippen LogP contribution in [0.25, 0.3) is 0 Å². The minimum atomic E-state index is 0.258. The van der Waals surface area contributed by atoms with Gasteiger partial charge in [0.25, 0.3) is 0 Å². The molecule has 0 amide bonds. The molecule has 0 aliphatic carbocycles. The molecule has 1 N–H and O–H groups in total. The van der Waals surface area contributed by atoms with E-state index in [4.69, 9.17) is 4.74 Å². The first kappa shape index (κ1) is 15.4. The van der Waals surface area contributed by atoms with Crippen molar-refractivity contribution in [2.45, 2.75) is 32.7 Å². The van der Waals surface area contributed by atoms with Gasteiger partial charge in [-0.2, -0.15) is 0 Å². The summed E-state index contributed by atoms with van der Waals surface area (Å²) < 4.78 is 5.11. The van der Waals surface area contributed by atoms with Crippen molar-refractivity contribution in [2.75, 3.05) is 13.7 Å². The van der Waals surface area contributed by atoms with Gasteiger partial charge in [0.15, 0.2) is 0 Å². The molecule has 2 rings (SSSR count). The topological polar surface area (TPSA) is 47.0 Å². The van der Waals surface area contributed by atoms with Crippen LogP contribution in [0.3, 0.4) is 0 Å². The maximum absolute atomic E-state index is 5.11. The van der Waals surface area contributed by atoms with E-state index in [1.807, 2.05) is 24.7 Å². The number of aromatic nitrogens is 2. The Balaban J connectivity index is 2.17. The SMILES string of the molecule is CCCNC(Cc1ccc(OC)nc1)c1cnccc1C. The van der Waals surface area contributed by atoms with Crippen LogP contribution in [0.15, 0.2) is 36.8 Å². The Labute approximate surface area is 126 Å². The Bertz CT molecular complexity index is 554. The average molecular weight is 285 g/mol. The number of aryl methyl sites for hydroxylation is 1. The molecule has 21 heavy (non-hydrogen) atoms. The summed E-state index contributed by atoms with van der Waals surface area (Å²) >= 11 is 0. The highest BCUT2D eigenvalue weighted by Gasteiger charge is 2.14. The third-order valence-electron chi connectivity index (χ3n) is 3.54. The van der Waals surface area contributed by atoms with E-state index in [1.165, 1.54) is 16.7 Å². The first-order valence-corrected chi connectivity index (χ1v) is 7.37. The lowest BCUT2D eigenvalue weighted by Gasteiger charge is -2.20. The zero-order chi connectivity index (χ0) is 15.1. The maximum Gasteiger partial charge on any atom is 0.212 e. The van der Waals surface area contributed by atoms with E-state index in [9.17, 15) is 0 Å². The molecule has 0 radical (unpaired) electrons. The number of nitrogens with zero attached hydrogens (tertiary/aromatic N) is 2. The van der Waals surface area contributed by atoms with Crippen LogP contribution in [0.4, 0.5) is 0 Å². The number of rotatable bonds is 7. The van der Waals surface area contributed by atoms with Gasteiger partial charge in [-0.1, -0.05) is 13.0 Å². The fourth-order valence-electron chi connectivity index (χ4n) is 2.34. The average Bonchev–Trinajstić information content (AvgIpc) is 2.53. The molecule has 0 bridgehead atoms. The summed E-state index contributed by atoms with van der Waals surface area (Å²) in [5.74, 6) is 0.648. The van der Waals surface area contributed by atoms with Crippen molar-refractivity contribution < 1.29 is 4.74 Å². The minimum Gasteiger partial charge on any atom is -0.481 e. The monoisotopic (exact) mass is 285 g/mol. The molecule has 4 nitrogen and oxygen atoms in total. The molecule has 0 fully saturated rings. The van der Waals surface area contributed by atoms with E-state index in [0.717, 1.165) is 19.4 Å². The van der Waals surface area contributed by atoms with Crippen LogP contribution >= 0.6 is 0 Å². The van der Waals surface area contributed by atoms with Crippen molar-refractivity contribution in [1.29, 1.82) is 0 Å². The Morgan fingerprint density at radius 3 is 2.71 bits per heavy atom. The molecule has 2 aromatic rings. The molecular weight excluding hydrogens is 262 g/mol. The highest BCUT2D eigenvalue weighted by atomic mass is 16.5. The number of ether oxygens (including phenoxy) is 1. The van der Waals surface area contributed by atoms with Crippen molar-refractivity contribution in [2.24, 2.45) is 0 Å². The number of nitrogens with one attached hydrogen (secondary N) is 1. The summed E-state index contributed by atoms with van der Waals surface area (Å²) in [5, 5.41) is 3.60. The number of methoxy groups -OCH3 is 1. The Hall–Kier alpha value is -1.94. The van der Waals surface area contributed by atoms with E-state index >= 15 is 0 Å². The quantitative estimate of drug-likeness (QED) is 0.849. The molecule has 112 valence electrons. The van der Waals surface area contributed by atoms with Gasteiger partial charge in [0, 0.05) is 30.7 Å². The second-order valence-electron chi connectivity index (χ2n) is 5.15. The lowest BCUT2D eigenvalue weighted by molar-refractivity contribution is 0.397. The predicted octanol–water partition coefficient (Wildman–Crippen LogP) is 3.08. The smallest absolute Gasteiger partial charge is 0.212 e. The standard InChI is InChI=1S/C17H23N3O/c1-4-8-19-16(15-12-18-9-7-13(15)2)10-14-5-6-17(21-3)20-11-14/h5-7,9,11-12,16,19H,4,8,10H2,1-3H3. The molecule has 4 heteroatoms. The van der Waals surface area contributed by atoms with Gasteiger partial charge in [0.05, 0.1) is 7.11 Å². The largest absolute Gasteiger partial charge is 0.481 e. The van der Waals surface area contributed by atoms with Gasteiger partial charge in [-0.3, -0.25) is 4.98 Å². The van der Waals surface area contributed by atoms with Crippen molar-refractivity contribution in [3.05, 3.63) is 53.5 Å².